The maximum Gasteiger partial charge on any atom is 0.312 e. The van der Waals surface area contributed by atoms with E-state index in [1.807, 2.05) is 32.0 Å². The van der Waals surface area contributed by atoms with E-state index >= 15 is 0 Å². The molecule has 1 atom stereocenters. The Balaban J connectivity index is 1.90. The molecular weight excluding hydrogens is 266 g/mol. The third-order valence-electron chi connectivity index (χ3n) is 4.45. The van der Waals surface area contributed by atoms with E-state index in [0.29, 0.717) is 0 Å². The van der Waals surface area contributed by atoms with Gasteiger partial charge in [0.15, 0.2) is 5.60 Å². The first kappa shape index (κ1) is 14.5. The van der Waals surface area contributed by atoms with Gasteiger partial charge in [-0.05, 0) is 19.4 Å². The molecule has 4 heteroatoms. The first-order valence-electron chi connectivity index (χ1n) is 7.61. The van der Waals surface area contributed by atoms with Crippen LogP contribution in [0.15, 0.2) is 30.3 Å². The zero-order valence-corrected chi connectivity index (χ0v) is 12.8. The highest BCUT2D eigenvalue weighted by Gasteiger charge is 2.53. The number of benzene rings is 1. The molecule has 1 aromatic carbocycles. The number of hydrogen-bond donors (Lipinski definition) is 0. The number of morpholine rings is 1. The molecule has 2 saturated heterocycles. The van der Waals surface area contributed by atoms with E-state index in [1.165, 1.54) is 0 Å². The molecule has 0 aliphatic carbocycles. The molecule has 2 heterocycles. The summed E-state index contributed by atoms with van der Waals surface area (Å²) in [6.45, 7) is 7.98. The maximum atomic E-state index is 12.3. The van der Waals surface area contributed by atoms with E-state index in [4.69, 9.17) is 9.47 Å². The van der Waals surface area contributed by atoms with Crippen LogP contribution in [-0.4, -0.2) is 43.7 Å². The Morgan fingerprint density at radius 2 is 1.81 bits per heavy atom. The Bertz CT molecular complexity index is 508. The fourth-order valence-corrected chi connectivity index (χ4v) is 3.34. The average molecular weight is 289 g/mol. The van der Waals surface area contributed by atoms with Gasteiger partial charge in [-0.1, -0.05) is 30.3 Å². The van der Waals surface area contributed by atoms with Crippen molar-refractivity contribution in [1.29, 1.82) is 0 Å². The standard InChI is InChI=1S/C17H23NO3/c1-16(2)12-17(21-15(16)19,14-6-4-3-5-7-14)13-18-8-10-20-11-9-18/h3-7H,8-13H2,1-2H3/t17-/m0/s1. The van der Waals surface area contributed by atoms with Gasteiger partial charge in [-0.2, -0.15) is 0 Å². The molecule has 0 saturated carbocycles. The lowest BCUT2D eigenvalue weighted by Crippen LogP contribution is -2.46. The van der Waals surface area contributed by atoms with Gasteiger partial charge in [0.25, 0.3) is 0 Å². The summed E-state index contributed by atoms with van der Waals surface area (Å²) in [5, 5.41) is 0. The van der Waals surface area contributed by atoms with Crippen molar-refractivity contribution in [2.45, 2.75) is 25.9 Å². The predicted octanol–water partition coefficient (Wildman–Crippen LogP) is 2.19. The van der Waals surface area contributed by atoms with E-state index in [0.717, 1.165) is 44.8 Å². The molecule has 2 fully saturated rings. The zero-order valence-electron chi connectivity index (χ0n) is 12.8. The molecule has 21 heavy (non-hydrogen) atoms. The van der Waals surface area contributed by atoms with Crippen LogP contribution in [0.2, 0.25) is 0 Å². The molecule has 1 aromatic rings. The van der Waals surface area contributed by atoms with Crippen LogP contribution < -0.4 is 0 Å². The summed E-state index contributed by atoms with van der Waals surface area (Å²) in [5.74, 6) is -0.0976. The number of carbonyl (C=O) groups is 1. The SMILES string of the molecule is CC1(C)C[C@](CN2CCOCC2)(c2ccccc2)OC1=O. The highest BCUT2D eigenvalue weighted by molar-refractivity contribution is 5.79. The fourth-order valence-electron chi connectivity index (χ4n) is 3.34. The minimum atomic E-state index is -0.529. The Labute approximate surface area is 126 Å². The molecule has 0 unspecified atom stereocenters. The Kier molecular flexibility index (Phi) is 3.76. The monoisotopic (exact) mass is 289 g/mol. The number of hydrogen-bond acceptors (Lipinski definition) is 4. The van der Waals surface area contributed by atoms with Crippen LogP contribution in [0.4, 0.5) is 0 Å². The Hall–Kier alpha value is -1.39. The summed E-state index contributed by atoms with van der Waals surface area (Å²) >= 11 is 0. The normalized spacial score (nSPS) is 29.3. The second-order valence-electron chi connectivity index (χ2n) is 6.70. The number of esters is 1. The quantitative estimate of drug-likeness (QED) is 0.800. The molecular formula is C17H23NO3. The predicted molar refractivity (Wildman–Crippen MR) is 79.9 cm³/mol. The van der Waals surface area contributed by atoms with E-state index < -0.39 is 11.0 Å². The van der Waals surface area contributed by atoms with Crippen molar-refractivity contribution in [3.8, 4) is 0 Å². The van der Waals surface area contributed by atoms with Gasteiger partial charge in [0, 0.05) is 26.1 Å². The number of carbonyl (C=O) groups excluding carboxylic acids is 1. The summed E-state index contributed by atoms with van der Waals surface area (Å²) in [7, 11) is 0. The highest BCUT2D eigenvalue weighted by Crippen LogP contribution is 2.46. The van der Waals surface area contributed by atoms with E-state index in [1.54, 1.807) is 0 Å². The number of ether oxygens (including phenoxy) is 2. The molecule has 0 bridgehead atoms. The first-order valence-corrected chi connectivity index (χ1v) is 7.61. The minimum Gasteiger partial charge on any atom is -0.452 e. The topological polar surface area (TPSA) is 38.8 Å². The van der Waals surface area contributed by atoms with Crippen LogP contribution in [0.25, 0.3) is 0 Å². The molecule has 0 spiro atoms. The average Bonchev–Trinajstić information content (AvgIpc) is 2.71. The van der Waals surface area contributed by atoms with Crippen LogP contribution in [0.1, 0.15) is 25.8 Å². The first-order chi connectivity index (χ1) is 10.0. The van der Waals surface area contributed by atoms with Gasteiger partial charge >= 0.3 is 5.97 Å². The summed E-state index contributed by atoms with van der Waals surface area (Å²) in [5.41, 5.74) is 0.136. The van der Waals surface area contributed by atoms with Crippen molar-refractivity contribution < 1.29 is 14.3 Å². The van der Waals surface area contributed by atoms with E-state index in [-0.39, 0.29) is 5.97 Å². The molecule has 0 N–H and O–H groups in total. The minimum absolute atomic E-state index is 0.0976. The van der Waals surface area contributed by atoms with Gasteiger partial charge < -0.3 is 9.47 Å². The molecule has 0 aromatic heterocycles. The number of rotatable bonds is 3. The summed E-state index contributed by atoms with van der Waals surface area (Å²) < 4.78 is 11.3. The van der Waals surface area contributed by atoms with Crippen molar-refractivity contribution >= 4 is 5.97 Å². The smallest absolute Gasteiger partial charge is 0.312 e. The molecule has 2 aliphatic rings. The summed E-state index contributed by atoms with van der Waals surface area (Å²) in [6, 6.07) is 10.1. The van der Waals surface area contributed by atoms with Gasteiger partial charge in [-0.15, -0.1) is 0 Å². The van der Waals surface area contributed by atoms with Gasteiger partial charge in [-0.25, -0.2) is 0 Å². The van der Waals surface area contributed by atoms with E-state index in [2.05, 4.69) is 17.0 Å². The lowest BCUT2D eigenvalue weighted by atomic mass is 9.80. The molecule has 3 rings (SSSR count). The van der Waals surface area contributed by atoms with E-state index in [9.17, 15) is 4.79 Å². The van der Waals surface area contributed by atoms with Crippen molar-refractivity contribution in [2.24, 2.45) is 5.41 Å². The van der Waals surface area contributed by atoms with Gasteiger partial charge in [0.2, 0.25) is 0 Å². The van der Waals surface area contributed by atoms with Crippen molar-refractivity contribution in [1.82, 2.24) is 4.90 Å². The van der Waals surface area contributed by atoms with Crippen LogP contribution in [-0.2, 0) is 19.9 Å². The summed E-state index contributed by atoms with van der Waals surface area (Å²) in [4.78, 5) is 14.6. The molecule has 114 valence electrons. The third-order valence-corrected chi connectivity index (χ3v) is 4.45. The van der Waals surface area contributed by atoms with Crippen LogP contribution in [0, 0.1) is 5.41 Å². The molecule has 0 radical (unpaired) electrons. The largest absolute Gasteiger partial charge is 0.452 e. The number of nitrogens with zero attached hydrogens (tertiary/aromatic N) is 1. The molecule has 0 amide bonds. The third kappa shape index (κ3) is 2.83. The maximum absolute atomic E-state index is 12.3. The van der Waals surface area contributed by atoms with Crippen molar-refractivity contribution in [3.05, 3.63) is 35.9 Å². The Morgan fingerprint density at radius 1 is 1.14 bits per heavy atom. The molecule has 2 aliphatic heterocycles. The lowest BCUT2D eigenvalue weighted by molar-refractivity contribution is -0.155. The second kappa shape index (κ2) is 5.43. The Morgan fingerprint density at radius 3 is 2.38 bits per heavy atom. The fraction of sp³-hybridized carbons (Fsp3) is 0.588. The lowest BCUT2D eigenvalue weighted by Gasteiger charge is -2.36. The van der Waals surface area contributed by atoms with Crippen molar-refractivity contribution in [3.63, 3.8) is 0 Å². The van der Waals surface area contributed by atoms with Gasteiger partial charge in [0.05, 0.1) is 18.6 Å². The molecule has 4 nitrogen and oxygen atoms in total. The van der Waals surface area contributed by atoms with Crippen LogP contribution in [0.3, 0.4) is 0 Å². The zero-order chi connectivity index (χ0) is 14.9. The summed E-state index contributed by atoms with van der Waals surface area (Å²) in [6.07, 6.45) is 0.722. The van der Waals surface area contributed by atoms with Crippen molar-refractivity contribution in [2.75, 3.05) is 32.8 Å². The number of cyclic esters (lactones) is 1. The van der Waals surface area contributed by atoms with Crippen LogP contribution in [0.5, 0.6) is 0 Å². The van der Waals surface area contributed by atoms with Crippen LogP contribution >= 0.6 is 0 Å². The van der Waals surface area contributed by atoms with Gasteiger partial charge in [0.1, 0.15) is 0 Å². The van der Waals surface area contributed by atoms with Gasteiger partial charge in [-0.3, -0.25) is 9.69 Å². The second-order valence-corrected chi connectivity index (χ2v) is 6.70. The highest BCUT2D eigenvalue weighted by atomic mass is 16.6.